The van der Waals surface area contributed by atoms with E-state index in [1.165, 1.54) is 283 Å². The van der Waals surface area contributed by atoms with Gasteiger partial charge in [-0.3, -0.25) is 37.3 Å². The largest absolute Gasteiger partial charge is 0.472 e. The molecule has 0 heterocycles. The Morgan fingerprint density at radius 1 is 0.252 bits per heavy atom. The molecule has 0 aliphatic heterocycles. The molecule has 0 aromatic rings. The van der Waals surface area contributed by atoms with E-state index in [4.69, 9.17) is 37.0 Å². The maximum absolute atomic E-state index is 13.2. The fourth-order valence-electron chi connectivity index (χ4n) is 14.3. The molecule has 660 valence electrons. The summed E-state index contributed by atoms with van der Waals surface area (Å²) >= 11 is 0. The van der Waals surface area contributed by atoms with Gasteiger partial charge in [0, 0.05) is 25.7 Å². The summed E-state index contributed by atoms with van der Waals surface area (Å²) in [5.41, 5.74) is 0. The van der Waals surface area contributed by atoms with Gasteiger partial charge in [0.05, 0.1) is 26.4 Å². The number of esters is 4. The van der Waals surface area contributed by atoms with Gasteiger partial charge < -0.3 is 33.8 Å². The third-order valence-electron chi connectivity index (χ3n) is 22.3. The molecule has 0 spiro atoms. The second-order valence-corrected chi connectivity index (χ2v) is 37.4. The lowest BCUT2D eigenvalue weighted by atomic mass is 9.99. The number of aliphatic hydroxyl groups is 1. The summed E-state index contributed by atoms with van der Waals surface area (Å²) in [4.78, 5) is 73.4. The molecule has 0 amide bonds. The zero-order valence-corrected chi connectivity index (χ0v) is 75.4. The first kappa shape index (κ1) is 109. The van der Waals surface area contributed by atoms with Crippen LogP contribution in [0.1, 0.15) is 486 Å². The van der Waals surface area contributed by atoms with Gasteiger partial charge in [0.15, 0.2) is 12.2 Å². The van der Waals surface area contributed by atoms with Crippen molar-refractivity contribution in [3.63, 3.8) is 0 Å². The number of unbranched alkanes of at least 4 members (excludes halogenated alkanes) is 53. The lowest BCUT2D eigenvalue weighted by Crippen LogP contribution is -2.30. The normalized spacial score (nSPS) is 14.3. The summed E-state index contributed by atoms with van der Waals surface area (Å²) < 4.78 is 69.1. The van der Waals surface area contributed by atoms with E-state index < -0.39 is 97.5 Å². The Balaban J connectivity index is 5.20. The van der Waals surface area contributed by atoms with Crippen molar-refractivity contribution in [2.24, 2.45) is 23.7 Å². The molecule has 0 aromatic heterocycles. The number of phosphoric ester groups is 2. The van der Waals surface area contributed by atoms with E-state index in [1.807, 2.05) is 0 Å². The van der Waals surface area contributed by atoms with Crippen LogP contribution in [0, 0.1) is 23.7 Å². The van der Waals surface area contributed by atoms with Crippen LogP contribution in [0.2, 0.25) is 0 Å². The zero-order valence-electron chi connectivity index (χ0n) is 73.6. The predicted molar refractivity (Wildman–Crippen MR) is 460 cm³/mol. The smallest absolute Gasteiger partial charge is 0.462 e. The van der Waals surface area contributed by atoms with Gasteiger partial charge >= 0.3 is 39.5 Å². The fourth-order valence-corrected chi connectivity index (χ4v) is 15.9. The van der Waals surface area contributed by atoms with E-state index in [9.17, 15) is 43.2 Å². The molecule has 0 aliphatic carbocycles. The van der Waals surface area contributed by atoms with Crippen molar-refractivity contribution in [2.75, 3.05) is 39.6 Å². The van der Waals surface area contributed by atoms with E-state index in [-0.39, 0.29) is 25.7 Å². The van der Waals surface area contributed by atoms with E-state index in [2.05, 4.69) is 55.4 Å². The van der Waals surface area contributed by atoms with Crippen LogP contribution in [0.15, 0.2) is 0 Å². The van der Waals surface area contributed by atoms with E-state index in [0.717, 1.165) is 114 Å². The van der Waals surface area contributed by atoms with Crippen molar-refractivity contribution in [3.05, 3.63) is 0 Å². The SMILES string of the molecule is CCC(C)CCCCCCCCCCCCCCCCCCCCC(=O)O[C@H](COC(=O)CCCCCCCCCC(C)C)COP(=O)(O)OCC(O)COP(=O)(O)OC[C@@H](COC(=O)CCCCCCCCCCCCCCCCCCCCC(C)C)OC(=O)CCCCCCCCCCCCCCCCC(C)CC. The zero-order chi connectivity index (χ0) is 81.6. The molecule has 17 nitrogen and oxygen atoms in total. The summed E-state index contributed by atoms with van der Waals surface area (Å²) in [6, 6.07) is 0. The Hall–Kier alpha value is -1.94. The van der Waals surface area contributed by atoms with Crippen LogP contribution in [0.5, 0.6) is 0 Å². The van der Waals surface area contributed by atoms with Gasteiger partial charge in [-0.25, -0.2) is 9.13 Å². The van der Waals surface area contributed by atoms with E-state index >= 15 is 0 Å². The lowest BCUT2D eigenvalue weighted by Gasteiger charge is -2.21. The fraction of sp³-hybridized carbons (Fsp3) is 0.957. The van der Waals surface area contributed by atoms with Crippen LogP contribution in [-0.2, 0) is 65.4 Å². The molecule has 0 aliphatic rings. The van der Waals surface area contributed by atoms with Gasteiger partial charge in [0.25, 0.3) is 0 Å². The minimum atomic E-state index is -4.97. The molecule has 5 unspecified atom stereocenters. The molecule has 0 saturated heterocycles. The lowest BCUT2D eigenvalue weighted by molar-refractivity contribution is -0.161. The minimum Gasteiger partial charge on any atom is -0.462 e. The summed E-state index contributed by atoms with van der Waals surface area (Å²) in [6.07, 6.45) is 72.3. The van der Waals surface area contributed by atoms with Crippen molar-refractivity contribution in [2.45, 2.75) is 504 Å². The number of ether oxygens (including phenoxy) is 4. The average Bonchev–Trinajstić information content (AvgIpc) is 0.898. The number of hydrogen-bond acceptors (Lipinski definition) is 15. The minimum absolute atomic E-state index is 0.107. The highest BCUT2D eigenvalue weighted by Crippen LogP contribution is 2.45. The van der Waals surface area contributed by atoms with Gasteiger partial charge in [-0.05, 0) is 49.4 Å². The molecule has 0 saturated carbocycles. The molecule has 0 aromatic carbocycles. The molecule has 0 fully saturated rings. The maximum Gasteiger partial charge on any atom is 0.472 e. The molecule has 111 heavy (non-hydrogen) atoms. The van der Waals surface area contributed by atoms with Crippen LogP contribution in [0.4, 0.5) is 0 Å². The highest BCUT2D eigenvalue weighted by atomic mass is 31.2. The Labute approximate surface area is 683 Å². The first-order valence-electron chi connectivity index (χ1n) is 47.3. The van der Waals surface area contributed by atoms with E-state index in [0.29, 0.717) is 31.6 Å². The molecule has 0 rings (SSSR count). The van der Waals surface area contributed by atoms with Crippen molar-refractivity contribution in [1.29, 1.82) is 0 Å². The molecule has 0 radical (unpaired) electrons. The van der Waals surface area contributed by atoms with Crippen molar-refractivity contribution < 1.29 is 80.2 Å². The van der Waals surface area contributed by atoms with Gasteiger partial charge in [-0.15, -0.1) is 0 Å². The number of aliphatic hydroxyl groups excluding tert-OH is 1. The summed E-state index contributed by atoms with van der Waals surface area (Å²) in [5, 5.41) is 10.7. The quantitative estimate of drug-likeness (QED) is 0.0222. The highest BCUT2D eigenvalue weighted by Gasteiger charge is 2.31. The number of carbonyl (C=O) groups excluding carboxylic acids is 4. The molecular formula is C92H180O17P2. The second-order valence-electron chi connectivity index (χ2n) is 34.5. The highest BCUT2D eigenvalue weighted by molar-refractivity contribution is 7.47. The third-order valence-corrected chi connectivity index (χ3v) is 24.2. The summed E-state index contributed by atoms with van der Waals surface area (Å²) in [5.74, 6) is 1.14. The van der Waals surface area contributed by atoms with Gasteiger partial charge in [0.1, 0.15) is 19.3 Å². The van der Waals surface area contributed by atoms with Crippen LogP contribution < -0.4 is 0 Å². The van der Waals surface area contributed by atoms with Gasteiger partial charge in [-0.1, -0.05) is 434 Å². The second kappa shape index (κ2) is 80.5. The van der Waals surface area contributed by atoms with Crippen LogP contribution in [0.3, 0.4) is 0 Å². The van der Waals surface area contributed by atoms with Crippen LogP contribution >= 0.6 is 15.6 Å². The molecule has 7 atom stereocenters. The maximum atomic E-state index is 13.2. The van der Waals surface area contributed by atoms with Crippen LogP contribution in [0.25, 0.3) is 0 Å². The Kier molecular flexibility index (Phi) is 79.1. The summed E-state index contributed by atoms with van der Waals surface area (Å²) in [7, 11) is -9.94. The monoisotopic (exact) mass is 1620 g/mol. The van der Waals surface area contributed by atoms with Crippen molar-refractivity contribution in [3.8, 4) is 0 Å². The average molecular weight is 1620 g/mol. The first-order chi connectivity index (χ1) is 53.7. The Morgan fingerprint density at radius 3 is 0.640 bits per heavy atom. The molecule has 3 N–H and O–H groups in total. The molecule has 0 bridgehead atoms. The standard InChI is InChI=1S/C92H180O17P2/c1-9-84(7)70-62-54-46-38-32-26-20-16-12-14-18-22-29-35-41-49-58-66-74-92(97)109-88(79-103-90(95)73-65-57-51-43-45-53-61-69-83(5)6)81-107-111(100,101)105-77-86(93)76-104-110(98,99)106-80-87(108-91(96)75-67-59-50-42-36-30-24-23-27-33-39-47-55-63-71-85(8)10-2)78-102-89(94)72-64-56-48-40-34-28-21-17-13-11-15-19-25-31-37-44-52-60-68-82(3)4/h82-88,93H,9-81H2,1-8H3,(H,98,99)(H,100,101)/t84?,85?,86?,87-,88-/m1/s1. The number of phosphoric acid groups is 2. The Morgan fingerprint density at radius 2 is 0.432 bits per heavy atom. The van der Waals surface area contributed by atoms with Crippen molar-refractivity contribution in [1.82, 2.24) is 0 Å². The number of hydrogen-bond donors (Lipinski definition) is 3. The van der Waals surface area contributed by atoms with Crippen molar-refractivity contribution >= 4 is 39.5 Å². The molecular weight excluding hydrogens is 1440 g/mol. The van der Waals surface area contributed by atoms with Gasteiger partial charge in [-0.2, -0.15) is 0 Å². The summed E-state index contributed by atoms with van der Waals surface area (Å²) in [6.45, 7) is 14.4. The third kappa shape index (κ3) is 82.9. The van der Waals surface area contributed by atoms with Crippen LogP contribution in [-0.4, -0.2) is 96.7 Å². The van der Waals surface area contributed by atoms with E-state index in [1.54, 1.807) is 0 Å². The predicted octanol–water partition coefficient (Wildman–Crippen LogP) is 28.3. The first-order valence-corrected chi connectivity index (χ1v) is 50.3. The number of rotatable bonds is 89. The molecule has 19 heteroatoms. The topological polar surface area (TPSA) is 237 Å². The Bertz CT molecular complexity index is 2150. The van der Waals surface area contributed by atoms with Gasteiger partial charge in [0.2, 0.25) is 0 Å². The number of carbonyl (C=O) groups is 4.